The van der Waals surface area contributed by atoms with Gasteiger partial charge in [0.15, 0.2) is 0 Å². The number of benzene rings is 6. The SMILES string of the molecule is COc1ccc(C(OCC2O[C@@H](n3cc(C)c(=O)[nH]c3=O)CC2OP(=S)(OCC2OC(n3cc(C)c(=O)[nH]c3=O)CC2OC(c2ccccc2)(c2ccc(OC)cc2)c2ccc(OC)cc2)c2ccncc2)(c2ccccc2)c2ccc(OC)cc2)cc1. The van der Waals surface area contributed by atoms with Gasteiger partial charge in [0, 0.05) is 54.1 Å². The van der Waals surface area contributed by atoms with Gasteiger partial charge in [-0.3, -0.25) is 33.7 Å². The van der Waals surface area contributed by atoms with Crippen molar-refractivity contribution in [3.05, 3.63) is 281 Å². The molecule has 0 aliphatic carbocycles. The maximum atomic E-state index is 13.8. The zero-order valence-corrected chi connectivity index (χ0v) is 50.9. The largest absolute Gasteiger partial charge is 0.497 e. The molecule has 19 nitrogen and oxygen atoms in total. The lowest BCUT2D eigenvalue weighted by Crippen LogP contribution is -2.41. The Bertz CT molecular complexity index is 4040. The van der Waals surface area contributed by atoms with Crippen LogP contribution >= 0.6 is 6.49 Å². The Hall–Kier alpha value is -8.56. The lowest BCUT2D eigenvalue weighted by molar-refractivity contribution is -0.0993. The van der Waals surface area contributed by atoms with E-state index < -0.39 is 77.1 Å². The third-order valence-electron chi connectivity index (χ3n) is 16.1. The molecule has 2 saturated heterocycles. The first-order valence-electron chi connectivity index (χ1n) is 28.5. The predicted octanol–water partition coefficient (Wildman–Crippen LogP) is 9.13. The van der Waals surface area contributed by atoms with Crippen molar-refractivity contribution < 1.29 is 46.9 Å². The number of nitrogens with zero attached hydrogens (tertiary/aromatic N) is 3. The fraction of sp³-hybridized carbons (Fsp3) is 0.269. The van der Waals surface area contributed by atoms with Gasteiger partial charge in [0.25, 0.3) is 11.1 Å². The summed E-state index contributed by atoms with van der Waals surface area (Å²) < 4.78 is 68.7. The Labute approximate surface area is 512 Å². The van der Waals surface area contributed by atoms with E-state index in [4.69, 9.17) is 58.7 Å². The lowest BCUT2D eigenvalue weighted by atomic mass is 9.79. The van der Waals surface area contributed by atoms with Gasteiger partial charge in [-0.05, 0) is 120 Å². The van der Waals surface area contributed by atoms with Gasteiger partial charge in [-0.15, -0.1) is 0 Å². The Morgan fingerprint density at radius 1 is 0.511 bits per heavy atom. The van der Waals surface area contributed by atoms with Crippen LogP contribution in [0.25, 0.3) is 0 Å². The summed E-state index contributed by atoms with van der Waals surface area (Å²) in [6.45, 7) is -0.982. The molecule has 88 heavy (non-hydrogen) atoms. The molecular formula is C67H66N5O14PS. The molecule has 0 saturated carbocycles. The first kappa shape index (κ1) is 61.1. The number of hydrogen-bond acceptors (Lipinski definition) is 16. The van der Waals surface area contributed by atoms with E-state index in [1.165, 1.54) is 21.5 Å². The number of aromatic amines is 2. The molecular weight excluding hydrogens is 1160 g/mol. The van der Waals surface area contributed by atoms with E-state index in [-0.39, 0.29) is 31.6 Å². The zero-order chi connectivity index (χ0) is 61.6. The highest BCUT2D eigenvalue weighted by Crippen LogP contribution is 2.54. The average Bonchev–Trinajstić information content (AvgIpc) is 1.40. The Morgan fingerprint density at radius 2 is 0.886 bits per heavy atom. The van der Waals surface area contributed by atoms with Crippen molar-refractivity contribution >= 4 is 23.6 Å². The second kappa shape index (κ2) is 26.4. The summed E-state index contributed by atoms with van der Waals surface area (Å²) in [7, 11) is 6.41. The number of ether oxygens (including phenoxy) is 8. The van der Waals surface area contributed by atoms with Crippen molar-refractivity contribution in [1.82, 2.24) is 24.1 Å². The number of pyridine rings is 1. The highest BCUT2D eigenvalue weighted by atomic mass is 32.5. The van der Waals surface area contributed by atoms with Crippen LogP contribution in [0.15, 0.2) is 214 Å². The molecule has 2 N–H and O–H groups in total. The summed E-state index contributed by atoms with van der Waals surface area (Å²) in [4.78, 5) is 62.4. The monoisotopic (exact) mass is 1230 g/mol. The smallest absolute Gasteiger partial charge is 0.330 e. The third kappa shape index (κ3) is 12.3. The van der Waals surface area contributed by atoms with Crippen molar-refractivity contribution in [1.29, 1.82) is 0 Å². The molecule has 2 aliphatic heterocycles. The van der Waals surface area contributed by atoms with E-state index in [0.717, 1.165) is 33.4 Å². The zero-order valence-electron chi connectivity index (χ0n) is 49.2. The maximum absolute atomic E-state index is 13.8. The molecule has 6 unspecified atom stereocenters. The van der Waals surface area contributed by atoms with Gasteiger partial charge in [0.2, 0.25) is 6.49 Å². The molecule has 454 valence electrons. The number of aromatic nitrogens is 5. The van der Waals surface area contributed by atoms with Gasteiger partial charge >= 0.3 is 11.4 Å². The first-order valence-corrected chi connectivity index (χ1v) is 31.1. The van der Waals surface area contributed by atoms with E-state index >= 15 is 0 Å². The first-order chi connectivity index (χ1) is 42.7. The van der Waals surface area contributed by atoms with E-state index in [2.05, 4.69) is 15.0 Å². The summed E-state index contributed by atoms with van der Waals surface area (Å²) in [5.74, 6) is 2.54. The van der Waals surface area contributed by atoms with Crippen LogP contribution < -0.4 is 46.8 Å². The fourth-order valence-corrected chi connectivity index (χ4v) is 14.1. The second-order valence-corrected chi connectivity index (χ2v) is 24.7. The van der Waals surface area contributed by atoms with Crippen LogP contribution in [-0.2, 0) is 51.0 Å². The van der Waals surface area contributed by atoms with Crippen molar-refractivity contribution in [2.24, 2.45) is 0 Å². The van der Waals surface area contributed by atoms with Crippen LogP contribution in [0.1, 0.15) is 69.8 Å². The predicted molar refractivity (Wildman–Crippen MR) is 334 cm³/mol. The van der Waals surface area contributed by atoms with Crippen LogP contribution in [0.5, 0.6) is 23.0 Å². The highest BCUT2D eigenvalue weighted by Gasteiger charge is 2.49. The quantitative estimate of drug-likeness (QED) is 0.0451. The number of H-pyrrole nitrogens is 2. The Morgan fingerprint density at radius 3 is 1.31 bits per heavy atom. The minimum atomic E-state index is -3.80. The number of hydrogen-bond donors (Lipinski definition) is 2. The molecule has 6 aromatic carbocycles. The van der Waals surface area contributed by atoms with Gasteiger partial charge in [0.1, 0.15) is 58.9 Å². The normalized spacial score (nSPS) is 19.2. The van der Waals surface area contributed by atoms with Crippen molar-refractivity contribution in [3.63, 3.8) is 0 Å². The van der Waals surface area contributed by atoms with Crippen LogP contribution in [0.4, 0.5) is 0 Å². The summed E-state index contributed by atoms with van der Waals surface area (Å²) >= 11 is 6.73. The van der Waals surface area contributed by atoms with Crippen molar-refractivity contribution in [2.45, 2.75) is 74.8 Å². The van der Waals surface area contributed by atoms with Gasteiger partial charge in [0.05, 0.1) is 53.9 Å². The van der Waals surface area contributed by atoms with E-state index in [1.54, 1.807) is 66.8 Å². The molecule has 9 aromatic rings. The van der Waals surface area contributed by atoms with Crippen LogP contribution in [0.2, 0.25) is 0 Å². The maximum Gasteiger partial charge on any atom is 0.330 e. The molecule has 21 heteroatoms. The molecule has 0 bridgehead atoms. The van der Waals surface area contributed by atoms with Gasteiger partial charge in [-0.2, -0.15) is 0 Å². The molecule has 0 spiro atoms. The standard InChI is InChI=1S/C67H66N5O14PS/c1-43-39-71(64(75)69-62(43)73)60-37-56(85-67(46-15-11-8-12-16-46,49-21-29-53(79-5)30-22-49)50-23-31-54(80-6)32-24-50)59(84-60)42-82-87(88,55-33-35-68-36-34-55)86-57-38-61(72-40-44(2)63(74)70-65(72)76)83-58(57)41-81-66(45-13-9-7-10-14-45,47-17-25-51(77-3)26-18-47)48-19-27-52(78-4)28-20-48/h7-36,39-40,56-61H,37-38,41-42H2,1-6H3,(H,69,73,75)(H,70,74,76)/t56?,57?,58?,59?,60?,61-,87?/m1/s1. The molecule has 7 atom stereocenters. The van der Waals surface area contributed by atoms with Crippen molar-refractivity contribution in [3.8, 4) is 23.0 Å². The number of methoxy groups -OCH3 is 4. The van der Waals surface area contributed by atoms with Gasteiger partial charge < -0.3 is 46.9 Å². The summed E-state index contributed by atoms with van der Waals surface area (Å²) in [5, 5.41) is 0.488. The number of aryl methyl sites for hydroxylation is 2. The van der Waals surface area contributed by atoms with Crippen LogP contribution in [-0.4, -0.2) is 90.2 Å². The number of rotatable bonds is 23. The van der Waals surface area contributed by atoms with Gasteiger partial charge in [-0.25, -0.2) is 9.59 Å². The summed E-state index contributed by atoms with van der Waals surface area (Å²) in [6, 6.07) is 53.5. The Balaban J connectivity index is 1.01. The molecule has 3 aromatic heterocycles. The molecule has 5 heterocycles. The highest BCUT2D eigenvalue weighted by molar-refractivity contribution is 8.13. The lowest BCUT2D eigenvalue weighted by Gasteiger charge is -2.39. The average molecular weight is 1230 g/mol. The van der Waals surface area contributed by atoms with E-state index in [9.17, 15) is 19.2 Å². The topological polar surface area (TPSA) is 215 Å². The Kier molecular flexibility index (Phi) is 18.3. The van der Waals surface area contributed by atoms with Crippen molar-refractivity contribution in [2.75, 3.05) is 41.7 Å². The molecule has 0 amide bonds. The molecule has 2 aliphatic rings. The summed E-state index contributed by atoms with van der Waals surface area (Å²) in [6.07, 6.45) is 0.501. The third-order valence-corrected chi connectivity index (χ3v) is 19.2. The van der Waals surface area contributed by atoms with E-state index in [0.29, 0.717) is 33.9 Å². The molecule has 2 fully saturated rings. The number of nitrogens with one attached hydrogen (secondary N) is 2. The fourth-order valence-electron chi connectivity index (χ4n) is 11.5. The molecule has 0 radical (unpaired) electrons. The second-order valence-electron chi connectivity index (χ2n) is 21.3. The van der Waals surface area contributed by atoms with Crippen LogP contribution in [0.3, 0.4) is 0 Å². The van der Waals surface area contributed by atoms with E-state index in [1.807, 2.05) is 158 Å². The molecule has 11 rings (SSSR count). The minimum absolute atomic E-state index is 0.0429. The van der Waals surface area contributed by atoms with Gasteiger partial charge in [-0.1, -0.05) is 109 Å². The van der Waals surface area contributed by atoms with Crippen LogP contribution in [0, 0.1) is 13.8 Å². The minimum Gasteiger partial charge on any atom is -0.497 e. The summed E-state index contributed by atoms with van der Waals surface area (Å²) in [5.41, 5.74) is 0.0505.